The molecule has 0 saturated heterocycles. The molecular formula is C18H18N2O7. The fourth-order valence-electron chi connectivity index (χ4n) is 2.20. The molecule has 2 aromatic rings. The van der Waals surface area contributed by atoms with Crippen LogP contribution < -0.4 is 19.5 Å². The second kappa shape index (κ2) is 9.18. The number of para-hydroxylation sites is 1. The van der Waals surface area contributed by atoms with E-state index in [0.717, 1.165) is 0 Å². The molecule has 0 saturated carbocycles. The van der Waals surface area contributed by atoms with Crippen molar-refractivity contribution in [3.8, 4) is 17.2 Å². The molecule has 0 aliphatic rings. The van der Waals surface area contributed by atoms with Gasteiger partial charge in [-0.25, -0.2) is 0 Å². The number of carbonyl (C=O) groups is 2. The van der Waals surface area contributed by atoms with E-state index >= 15 is 0 Å². The number of esters is 1. The van der Waals surface area contributed by atoms with Crippen LogP contribution in [0.4, 0.5) is 5.69 Å². The van der Waals surface area contributed by atoms with E-state index in [-0.39, 0.29) is 30.0 Å². The van der Waals surface area contributed by atoms with Gasteiger partial charge in [0.2, 0.25) is 5.75 Å². The summed E-state index contributed by atoms with van der Waals surface area (Å²) in [5.41, 5.74) is 0.140. The molecule has 9 nitrogen and oxygen atoms in total. The normalized spacial score (nSPS) is 10.0. The Labute approximate surface area is 155 Å². The smallest absolute Gasteiger partial charge is 0.313 e. The molecule has 0 aromatic heterocycles. The zero-order valence-corrected chi connectivity index (χ0v) is 14.8. The molecule has 142 valence electrons. The molecule has 1 N–H and O–H groups in total. The fraction of sp³-hybridized carbons (Fsp3) is 0.222. The summed E-state index contributed by atoms with van der Waals surface area (Å²) in [4.78, 5) is 34.1. The third-order valence-electron chi connectivity index (χ3n) is 3.55. The van der Waals surface area contributed by atoms with Gasteiger partial charge in [-0.05, 0) is 24.3 Å². The van der Waals surface area contributed by atoms with E-state index in [0.29, 0.717) is 11.5 Å². The van der Waals surface area contributed by atoms with Crippen molar-refractivity contribution in [3.63, 3.8) is 0 Å². The van der Waals surface area contributed by atoms with E-state index in [1.807, 2.05) is 0 Å². The van der Waals surface area contributed by atoms with E-state index < -0.39 is 16.8 Å². The van der Waals surface area contributed by atoms with Crippen LogP contribution in [0.3, 0.4) is 0 Å². The lowest BCUT2D eigenvalue weighted by Crippen LogP contribution is -2.27. The number of nitro groups is 1. The molecule has 0 atom stereocenters. The van der Waals surface area contributed by atoms with Crippen molar-refractivity contribution in [2.45, 2.75) is 6.42 Å². The molecule has 0 unspecified atom stereocenters. The van der Waals surface area contributed by atoms with Crippen LogP contribution in [-0.2, 0) is 4.79 Å². The number of nitro benzene ring substituents is 1. The molecule has 0 heterocycles. The molecule has 0 radical (unpaired) electrons. The Balaban J connectivity index is 1.89. The number of hydrogen-bond acceptors (Lipinski definition) is 7. The Morgan fingerprint density at radius 2 is 1.63 bits per heavy atom. The molecule has 27 heavy (non-hydrogen) atoms. The summed E-state index contributed by atoms with van der Waals surface area (Å²) < 4.78 is 15.6. The quantitative estimate of drug-likeness (QED) is 0.326. The lowest BCUT2D eigenvalue weighted by Gasteiger charge is -2.12. The van der Waals surface area contributed by atoms with Gasteiger partial charge in [0, 0.05) is 24.2 Å². The number of methoxy groups -OCH3 is 2. The van der Waals surface area contributed by atoms with E-state index in [9.17, 15) is 19.7 Å². The van der Waals surface area contributed by atoms with Gasteiger partial charge in [0.25, 0.3) is 11.6 Å². The summed E-state index contributed by atoms with van der Waals surface area (Å²) >= 11 is 0. The first-order valence-corrected chi connectivity index (χ1v) is 7.90. The van der Waals surface area contributed by atoms with Crippen molar-refractivity contribution in [1.29, 1.82) is 0 Å². The lowest BCUT2D eigenvalue weighted by molar-refractivity contribution is -0.384. The molecule has 2 aromatic carbocycles. The van der Waals surface area contributed by atoms with Crippen molar-refractivity contribution in [3.05, 3.63) is 58.1 Å². The second-order valence-electron chi connectivity index (χ2n) is 5.28. The molecule has 0 fully saturated rings. The van der Waals surface area contributed by atoms with E-state index in [1.54, 1.807) is 18.2 Å². The maximum Gasteiger partial charge on any atom is 0.313 e. The third kappa shape index (κ3) is 5.18. The zero-order chi connectivity index (χ0) is 19.8. The van der Waals surface area contributed by atoms with Crippen LogP contribution in [0.15, 0.2) is 42.5 Å². The van der Waals surface area contributed by atoms with Gasteiger partial charge >= 0.3 is 5.97 Å². The molecule has 1 amide bonds. The molecule has 0 aliphatic carbocycles. The summed E-state index contributed by atoms with van der Waals surface area (Å²) in [5, 5.41) is 13.2. The molecule has 0 aliphatic heterocycles. The van der Waals surface area contributed by atoms with Gasteiger partial charge in [0.05, 0.1) is 25.6 Å². The summed E-state index contributed by atoms with van der Waals surface area (Å²) in [5.74, 6) is -0.182. The van der Waals surface area contributed by atoms with Gasteiger partial charge in [-0.2, -0.15) is 0 Å². The third-order valence-corrected chi connectivity index (χ3v) is 3.55. The predicted molar refractivity (Wildman–Crippen MR) is 95.2 cm³/mol. The average Bonchev–Trinajstić information content (AvgIpc) is 2.68. The standard InChI is InChI=1S/C18H18N2O7/c1-25-14-4-3-5-15(26-2)17(14)27-16(21)10-11-19-18(22)12-6-8-13(9-7-12)20(23)24/h3-9H,10-11H2,1-2H3,(H,19,22). The first-order valence-electron chi connectivity index (χ1n) is 7.90. The number of non-ortho nitro benzene ring substituents is 1. The number of carbonyl (C=O) groups excluding carboxylic acids is 2. The van der Waals surface area contributed by atoms with Gasteiger partial charge in [-0.15, -0.1) is 0 Å². The minimum Gasteiger partial charge on any atom is -0.493 e. The SMILES string of the molecule is COc1cccc(OC)c1OC(=O)CCNC(=O)c1ccc([N+](=O)[O-])cc1. The van der Waals surface area contributed by atoms with Crippen molar-refractivity contribution >= 4 is 17.6 Å². The highest BCUT2D eigenvalue weighted by Gasteiger charge is 2.16. The first-order chi connectivity index (χ1) is 13.0. The molecule has 0 bridgehead atoms. The van der Waals surface area contributed by atoms with Gasteiger partial charge in [0.15, 0.2) is 11.5 Å². The van der Waals surface area contributed by atoms with Crippen LogP contribution in [0.1, 0.15) is 16.8 Å². The van der Waals surface area contributed by atoms with E-state index in [4.69, 9.17) is 14.2 Å². The van der Waals surface area contributed by atoms with Gasteiger partial charge in [-0.1, -0.05) is 6.07 Å². The van der Waals surface area contributed by atoms with E-state index in [1.165, 1.54) is 38.5 Å². The van der Waals surface area contributed by atoms with Crippen molar-refractivity contribution in [2.24, 2.45) is 0 Å². The number of nitrogens with one attached hydrogen (secondary N) is 1. The van der Waals surface area contributed by atoms with Gasteiger partial charge < -0.3 is 19.5 Å². The minimum atomic E-state index is -0.582. The van der Waals surface area contributed by atoms with Crippen molar-refractivity contribution in [1.82, 2.24) is 5.32 Å². The van der Waals surface area contributed by atoms with Gasteiger partial charge in [0.1, 0.15) is 0 Å². The summed E-state index contributed by atoms with van der Waals surface area (Å²) in [7, 11) is 2.88. The number of hydrogen-bond donors (Lipinski definition) is 1. The maximum absolute atomic E-state index is 12.0. The molecule has 0 spiro atoms. The zero-order valence-electron chi connectivity index (χ0n) is 14.8. The first kappa shape index (κ1) is 19.7. The molecular weight excluding hydrogens is 356 g/mol. The van der Waals surface area contributed by atoms with Gasteiger partial charge in [-0.3, -0.25) is 19.7 Å². The highest BCUT2D eigenvalue weighted by molar-refractivity contribution is 5.94. The Hall–Kier alpha value is -3.62. The largest absolute Gasteiger partial charge is 0.493 e. The summed E-state index contributed by atoms with van der Waals surface area (Å²) in [6, 6.07) is 10.1. The average molecular weight is 374 g/mol. The van der Waals surface area contributed by atoms with Crippen molar-refractivity contribution < 1.29 is 28.7 Å². The monoisotopic (exact) mass is 374 g/mol. The fourth-order valence-corrected chi connectivity index (χ4v) is 2.20. The summed E-state index contributed by atoms with van der Waals surface area (Å²) in [6.45, 7) is 0.0338. The molecule has 2 rings (SSSR count). The second-order valence-corrected chi connectivity index (χ2v) is 5.28. The number of nitrogens with zero attached hydrogens (tertiary/aromatic N) is 1. The van der Waals surface area contributed by atoms with Crippen LogP contribution >= 0.6 is 0 Å². The number of ether oxygens (including phenoxy) is 3. The predicted octanol–water partition coefficient (Wildman–Crippen LogP) is 2.34. The van der Waals surface area contributed by atoms with Crippen LogP contribution in [-0.4, -0.2) is 37.6 Å². The highest BCUT2D eigenvalue weighted by Crippen LogP contribution is 2.36. The number of amides is 1. The Kier molecular flexibility index (Phi) is 6.70. The lowest BCUT2D eigenvalue weighted by atomic mass is 10.2. The maximum atomic E-state index is 12.0. The Morgan fingerprint density at radius 1 is 1.04 bits per heavy atom. The van der Waals surface area contributed by atoms with Crippen LogP contribution in [0.5, 0.6) is 17.2 Å². The molecule has 9 heteroatoms. The Bertz CT molecular complexity index is 812. The Morgan fingerprint density at radius 3 is 2.15 bits per heavy atom. The van der Waals surface area contributed by atoms with Crippen LogP contribution in [0.25, 0.3) is 0 Å². The topological polar surface area (TPSA) is 117 Å². The highest BCUT2D eigenvalue weighted by atomic mass is 16.6. The number of benzene rings is 2. The number of rotatable bonds is 8. The van der Waals surface area contributed by atoms with Crippen LogP contribution in [0.2, 0.25) is 0 Å². The minimum absolute atomic E-state index is 0.0338. The van der Waals surface area contributed by atoms with Crippen LogP contribution in [0, 0.1) is 10.1 Å². The van der Waals surface area contributed by atoms with Crippen molar-refractivity contribution in [2.75, 3.05) is 20.8 Å². The summed E-state index contributed by atoms with van der Waals surface area (Å²) in [6.07, 6.45) is -0.0834. The van der Waals surface area contributed by atoms with E-state index in [2.05, 4.69) is 5.32 Å².